The maximum atomic E-state index is 5.78. The van der Waals surface area contributed by atoms with E-state index >= 15 is 0 Å². The second-order valence-electron chi connectivity index (χ2n) is 6.75. The van der Waals surface area contributed by atoms with Crippen LogP contribution in [0.2, 0.25) is 0 Å². The summed E-state index contributed by atoms with van der Waals surface area (Å²) >= 11 is 0. The lowest BCUT2D eigenvalue weighted by Crippen LogP contribution is -2.53. The maximum Gasteiger partial charge on any atom is 0.193 e. The van der Waals surface area contributed by atoms with E-state index in [1.807, 2.05) is 12.1 Å². The van der Waals surface area contributed by atoms with Gasteiger partial charge in [-0.1, -0.05) is 0 Å². The van der Waals surface area contributed by atoms with Gasteiger partial charge in [-0.3, -0.25) is 4.99 Å². The first-order valence-electron chi connectivity index (χ1n) is 8.95. The third-order valence-corrected chi connectivity index (χ3v) is 4.90. The second-order valence-corrected chi connectivity index (χ2v) is 6.75. The summed E-state index contributed by atoms with van der Waals surface area (Å²) in [6.45, 7) is 7.79. The van der Waals surface area contributed by atoms with Gasteiger partial charge >= 0.3 is 0 Å². The van der Waals surface area contributed by atoms with Crippen molar-refractivity contribution in [3.63, 3.8) is 0 Å². The fourth-order valence-electron chi connectivity index (χ4n) is 3.77. The van der Waals surface area contributed by atoms with E-state index in [2.05, 4.69) is 17.1 Å². The molecule has 24 heavy (non-hydrogen) atoms. The lowest BCUT2D eigenvalue weighted by Gasteiger charge is -2.45. The SMILES string of the molecule is CCNC(=NCCc1ccco1)N1CCCC2(CCCOC2)C1.I. The molecule has 2 saturated heterocycles. The van der Waals surface area contributed by atoms with Crippen molar-refractivity contribution >= 4 is 29.9 Å². The first kappa shape index (κ1) is 19.6. The highest BCUT2D eigenvalue weighted by molar-refractivity contribution is 14.0. The van der Waals surface area contributed by atoms with E-state index in [0.717, 1.165) is 57.5 Å². The quantitative estimate of drug-likeness (QED) is 0.437. The second kappa shape index (κ2) is 9.65. The largest absolute Gasteiger partial charge is 0.469 e. The number of hydrogen-bond donors (Lipinski definition) is 1. The van der Waals surface area contributed by atoms with Crippen molar-refractivity contribution < 1.29 is 9.15 Å². The average molecular weight is 447 g/mol. The predicted molar refractivity (Wildman–Crippen MR) is 107 cm³/mol. The van der Waals surface area contributed by atoms with E-state index in [0.29, 0.717) is 5.41 Å². The van der Waals surface area contributed by atoms with Crippen LogP contribution in [0.25, 0.3) is 0 Å². The number of ether oxygens (including phenoxy) is 1. The molecule has 136 valence electrons. The molecule has 6 heteroatoms. The predicted octanol–water partition coefficient (Wildman–Crippen LogP) is 3.30. The molecule has 1 atom stereocenters. The molecule has 1 N–H and O–H groups in total. The molecular formula is C18H30IN3O2. The van der Waals surface area contributed by atoms with Crippen LogP contribution in [0, 0.1) is 5.41 Å². The van der Waals surface area contributed by atoms with Crippen LogP contribution in [0.3, 0.4) is 0 Å². The Morgan fingerprint density at radius 2 is 2.25 bits per heavy atom. The van der Waals surface area contributed by atoms with Crippen molar-refractivity contribution in [3.8, 4) is 0 Å². The number of hydrogen-bond acceptors (Lipinski definition) is 3. The van der Waals surface area contributed by atoms with Gasteiger partial charge < -0.3 is 19.4 Å². The molecule has 0 aliphatic carbocycles. The van der Waals surface area contributed by atoms with Crippen molar-refractivity contribution in [2.24, 2.45) is 10.4 Å². The summed E-state index contributed by atoms with van der Waals surface area (Å²) < 4.78 is 11.2. The molecular weight excluding hydrogens is 417 g/mol. The lowest BCUT2D eigenvalue weighted by molar-refractivity contribution is -0.0370. The number of likely N-dealkylation sites (tertiary alicyclic amines) is 1. The van der Waals surface area contributed by atoms with Gasteiger partial charge in [0, 0.05) is 44.6 Å². The van der Waals surface area contributed by atoms with E-state index in [9.17, 15) is 0 Å². The third kappa shape index (κ3) is 5.12. The van der Waals surface area contributed by atoms with Gasteiger partial charge in [-0.2, -0.15) is 0 Å². The molecule has 1 spiro atoms. The number of halogens is 1. The molecule has 2 aliphatic rings. The minimum Gasteiger partial charge on any atom is -0.469 e. The Bertz CT molecular complexity index is 493. The molecule has 1 aromatic rings. The van der Waals surface area contributed by atoms with Gasteiger partial charge in [-0.25, -0.2) is 0 Å². The number of nitrogens with zero attached hydrogens (tertiary/aromatic N) is 2. The average Bonchev–Trinajstić information content (AvgIpc) is 3.08. The number of piperidine rings is 1. The Morgan fingerprint density at radius 3 is 2.96 bits per heavy atom. The van der Waals surface area contributed by atoms with Crippen molar-refractivity contribution in [2.45, 2.75) is 39.0 Å². The third-order valence-electron chi connectivity index (χ3n) is 4.90. The van der Waals surface area contributed by atoms with E-state index in [1.54, 1.807) is 6.26 Å². The molecule has 3 rings (SSSR count). The smallest absolute Gasteiger partial charge is 0.193 e. The van der Waals surface area contributed by atoms with Crippen LogP contribution in [0.15, 0.2) is 27.8 Å². The standard InChI is InChI=1S/C18H29N3O2.HI/c1-2-19-17(20-10-7-16-6-3-13-23-16)21-11-4-8-18(14-21)9-5-12-22-15-18;/h3,6,13H,2,4-5,7-12,14-15H2,1H3,(H,19,20);1H. The molecule has 1 aromatic heterocycles. The molecule has 0 saturated carbocycles. The summed E-state index contributed by atoms with van der Waals surface area (Å²) in [6.07, 6.45) is 7.57. The van der Waals surface area contributed by atoms with Crippen molar-refractivity contribution in [3.05, 3.63) is 24.2 Å². The zero-order chi connectivity index (χ0) is 16.0. The number of furan rings is 1. The van der Waals surface area contributed by atoms with Crippen LogP contribution >= 0.6 is 24.0 Å². The van der Waals surface area contributed by atoms with Gasteiger partial charge in [-0.15, -0.1) is 24.0 Å². The molecule has 2 aliphatic heterocycles. The van der Waals surface area contributed by atoms with E-state index in [4.69, 9.17) is 14.1 Å². The van der Waals surface area contributed by atoms with Crippen LogP contribution in [0.1, 0.15) is 38.4 Å². The molecule has 1 unspecified atom stereocenters. The molecule has 0 radical (unpaired) electrons. The Hall–Kier alpha value is -0.760. The first-order chi connectivity index (χ1) is 11.3. The lowest BCUT2D eigenvalue weighted by atomic mass is 9.76. The molecule has 2 fully saturated rings. The number of rotatable bonds is 4. The Labute approximate surface area is 162 Å². The Kier molecular flexibility index (Phi) is 7.87. The van der Waals surface area contributed by atoms with E-state index < -0.39 is 0 Å². The van der Waals surface area contributed by atoms with Gasteiger partial charge in [0.1, 0.15) is 5.76 Å². The minimum absolute atomic E-state index is 0. The first-order valence-corrected chi connectivity index (χ1v) is 8.95. The minimum atomic E-state index is 0. The summed E-state index contributed by atoms with van der Waals surface area (Å²) in [5.74, 6) is 2.05. The maximum absolute atomic E-state index is 5.78. The monoisotopic (exact) mass is 447 g/mol. The van der Waals surface area contributed by atoms with E-state index in [1.165, 1.54) is 25.7 Å². The molecule has 5 nitrogen and oxygen atoms in total. The molecule has 0 amide bonds. The Morgan fingerprint density at radius 1 is 1.38 bits per heavy atom. The van der Waals surface area contributed by atoms with Gasteiger partial charge in [0.25, 0.3) is 0 Å². The van der Waals surface area contributed by atoms with Crippen molar-refractivity contribution in [1.82, 2.24) is 10.2 Å². The van der Waals surface area contributed by atoms with Gasteiger partial charge in [0.15, 0.2) is 5.96 Å². The molecule has 0 aromatic carbocycles. The normalized spacial score (nSPS) is 24.7. The Balaban J connectivity index is 0.00000208. The van der Waals surface area contributed by atoms with Crippen LogP contribution in [-0.4, -0.2) is 50.3 Å². The zero-order valence-electron chi connectivity index (χ0n) is 14.6. The van der Waals surface area contributed by atoms with Gasteiger partial charge in [-0.05, 0) is 44.7 Å². The van der Waals surface area contributed by atoms with Crippen LogP contribution in [-0.2, 0) is 11.2 Å². The topological polar surface area (TPSA) is 50.0 Å². The summed E-state index contributed by atoms with van der Waals surface area (Å²) in [7, 11) is 0. The highest BCUT2D eigenvalue weighted by atomic mass is 127. The van der Waals surface area contributed by atoms with Gasteiger partial charge in [0.2, 0.25) is 0 Å². The van der Waals surface area contributed by atoms with Crippen LogP contribution < -0.4 is 5.32 Å². The van der Waals surface area contributed by atoms with Gasteiger partial charge in [0.05, 0.1) is 12.9 Å². The number of guanidine groups is 1. The number of aliphatic imine (C=N–C) groups is 1. The van der Waals surface area contributed by atoms with Crippen LogP contribution in [0.5, 0.6) is 0 Å². The molecule has 3 heterocycles. The van der Waals surface area contributed by atoms with Crippen LogP contribution in [0.4, 0.5) is 0 Å². The summed E-state index contributed by atoms with van der Waals surface area (Å²) in [6, 6.07) is 3.94. The van der Waals surface area contributed by atoms with Crippen molar-refractivity contribution in [2.75, 3.05) is 39.4 Å². The summed E-state index contributed by atoms with van der Waals surface area (Å²) in [5.41, 5.74) is 0.341. The zero-order valence-corrected chi connectivity index (χ0v) is 17.0. The fraction of sp³-hybridized carbons (Fsp3) is 0.722. The van der Waals surface area contributed by atoms with Crippen molar-refractivity contribution in [1.29, 1.82) is 0 Å². The summed E-state index contributed by atoms with van der Waals surface area (Å²) in [5, 5.41) is 3.46. The fourth-order valence-corrected chi connectivity index (χ4v) is 3.77. The highest BCUT2D eigenvalue weighted by Crippen LogP contribution is 2.37. The summed E-state index contributed by atoms with van der Waals surface area (Å²) in [4.78, 5) is 7.25. The van der Waals surface area contributed by atoms with E-state index in [-0.39, 0.29) is 24.0 Å². The highest BCUT2D eigenvalue weighted by Gasteiger charge is 2.38. The number of nitrogens with one attached hydrogen (secondary N) is 1. The molecule has 0 bridgehead atoms.